The largest absolute Gasteiger partial charge is 0.333 e. The van der Waals surface area contributed by atoms with Gasteiger partial charge in [0.15, 0.2) is 0 Å². The number of aromatic nitrogens is 4. The Labute approximate surface area is 88.3 Å². The molecule has 0 amide bonds. The predicted octanol–water partition coefficient (Wildman–Crippen LogP) is 1.06. The van der Waals surface area contributed by atoms with Gasteiger partial charge in [-0.15, -0.1) is 0 Å². The molecule has 5 nitrogen and oxygen atoms in total. The maximum Gasteiger partial charge on any atom is 0.131 e. The molecule has 2 heterocycles. The third-order valence-corrected chi connectivity index (χ3v) is 2.35. The normalized spacial score (nSPS) is 12.9. The molecule has 15 heavy (non-hydrogen) atoms. The Kier molecular flexibility index (Phi) is 2.82. The van der Waals surface area contributed by atoms with Gasteiger partial charge in [-0.05, 0) is 12.5 Å². The molecule has 80 valence electrons. The molecule has 0 saturated heterocycles. The standard InChI is InChI=1S/C10H15N5/c1-2-6-15-7-5-12-10(15)9(11)8-3-4-13-14-8/h3-5,7,9H,2,6,11H2,1H3,(H,13,14). The molecule has 1 unspecified atom stereocenters. The van der Waals surface area contributed by atoms with Gasteiger partial charge in [0.2, 0.25) is 0 Å². The van der Waals surface area contributed by atoms with E-state index in [1.54, 1.807) is 12.4 Å². The number of hydrogen-bond acceptors (Lipinski definition) is 3. The van der Waals surface area contributed by atoms with E-state index in [9.17, 15) is 0 Å². The van der Waals surface area contributed by atoms with Crippen LogP contribution in [-0.4, -0.2) is 19.7 Å². The maximum atomic E-state index is 6.08. The predicted molar refractivity (Wildman–Crippen MR) is 57.1 cm³/mol. The van der Waals surface area contributed by atoms with Crippen LogP contribution in [0.1, 0.15) is 30.9 Å². The van der Waals surface area contributed by atoms with Crippen LogP contribution in [0, 0.1) is 0 Å². The van der Waals surface area contributed by atoms with Crippen LogP contribution in [0.3, 0.4) is 0 Å². The Bertz CT molecular complexity index is 403. The SMILES string of the molecule is CCCn1ccnc1C(N)c1ccn[nH]1. The lowest BCUT2D eigenvalue weighted by Gasteiger charge is -2.11. The number of nitrogens with zero attached hydrogens (tertiary/aromatic N) is 3. The molecule has 0 saturated carbocycles. The first-order valence-corrected chi connectivity index (χ1v) is 5.08. The van der Waals surface area contributed by atoms with Crippen LogP contribution in [0.2, 0.25) is 0 Å². The van der Waals surface area contributed by atoms with Crippen LogP contribution < -0.4 is 5.73 Å². The molecule has 2 aromatic rings. The minimum atomic E-state index is -0.228. The fraction of sp³-hybridized carbons (Fsp3) is 0.400. The average Bonchev–Trinajstić information content (AvgIpc) is 2.87. The number of aromatic amines is 1. The van der Waals surface area contributed by atoms with E-state index >= 15 is 0 Å². The highest BCUT2D eigenvalue weighted by Gasteiger charge is 2.15. The maximum absolute atomic E-state index is 6.08. The van der Waals surface area contributed by atoms with Gasteiger partial charge in [-0.2, -0.15) is 5.10 Å². The van der Waals surface area contributed by atoms with Crippen molar-refractivity contribution in [2.45, 2.75) is 25.9 Å². The first-order valence-electron chi connectivity index (χ1n) is 5.08. The summed E-state index contributed by atoms with van der Waals surface area (Å²) in [6.45, 7) is 3.07. The van der Waals surface area contributed by atoms with Crippen LogP contribution in [0.15, 0.2) is 24.7 Å². The lowest BCUT2D eigenvalue weighted by atomic mass is 10.2. The molecule has 0 aliphatic carbocycles. The van der Waals surface area contributed by atoms with Crippen LogP contribution in [-0.2, 0) is 6.54 Å². The molecular weight excluding hydrogens is 190 g/mol. The van der Waals surface area contributed by atoms with Crippen LogP contribution >= 0.6 is 0 Å². The van der Waals surface area contributed by atoms with E-state index < -0.39 is 0 Å². The summed E-state index contributed by atoms with van der Waals surface area (Å²) in [6, 6.07) is 1.64. The molecule has 0 spiro atoms. The monoisotopic (exact) mass is 205 g/mol. The van der Waals surface area contributed by atoms with Gasteiger partial charge in [0, 0.05) is 25.1 Å². The van der Waals surface area contributed by atoms with Crippen LogP contribution in [0.4, 0.5) is 0 Å². The second-order valence-corrected chi connectivity index (χ2v) is 3.47. The Balaban J connectivity index is 2.25. The summed E-state index contributed by atoms with van der Waals surface area (Å²) < 4.78 is 2.07. The zero-order valence-electron chi connectivity index (χ0n) is 8.72. The number of imidazole rings is 1. The Morgan fingerprint density at radius 2 is 2.40 bits per heavy atom. The summed E-state index contributed by atoms with van der Waals surface area (Å²) in [4.78, 5) is 4.28. The number of nitrogens with one attached hydrogen (secondary N) is 1. The number of nitrogens with two attached hydrogens (primary N) is 1. The molecule has 1 atom stereocenters. The highest BCUT2D eigenvalue weighted by atomic mass is 15.1. The quantitative estimate of drug-likeness (QED) is 0.784. The molecular formula is C10H15N5. The summed E-state index contributed by atoms with van der Waals surface area (Å²) in [6.07, 6.45) is 6.50. The molecule has 0 aromatic carbocycles. The van der Waals surface area contributed by atoms with Crippen molar-refractivity contribution >= 4 is 0 Å². The summed E-state index contributed by atoms with van der Waals surface area (Å²) in [5.41, 5.74) is 6.97. The Morgan fingerprint density at radius 1 is 1.53 bits per heavy atom. The number of rotatable bonds is 4. The van der Waals surface area contributed by atoms with Crippen molar-refractivity contribution in [1.29, 1.82) is 0 Å². The minimum absolute atomic E-state index is 0.228. The smallest absolute Gasteiger partial charge is 0.131 e. The number of aryl methyl sites for hydroxylation is 1. The van der Waals surface area contributed by atoms with Gasteiger partial charge < -0.3 is 10.3 Å². The van der Waals surface area contributed by atoms with E-state index in [1.807, 2.05) is 12.3 Å². The van der Waals surface area contributed by atoms with Crippen molar-refractivity contribution in [3.63, 3.8) is 0 Å². The van der Waals surface area contributed by atoms with Crippen molar-refractivity contribution in [2.24, 2.45) is 5.73 Å². The number of H-pyrrole nitrogens is 1. The second-order valence-electron chi connectivity index (χ2n) is 3.47. The topological polar surface area (TPSA) is 72.5 Å². The van der Waals surface area contributed by atoms with Crippen LogP contribution in [0.25, 0.3) is 0 Å². The average molecular weight is 205 g/mol. The van der Waals surface area contributed by atoms with Crippen molar-refractivity contribution < 1.29 is 0 Å². The van der Waals surface area contributed by atoms with Gasteiger partial charge in [-0.1, -0.05) is 6.92 Å². The highest BCUT2D eigenvalue weighted by Crippen LogP contribution is 2.15. The first kappa shape index (κ1) is 9.92. The summed E-state index contributed by atoms with van der Waals surface area (Å²) >= 11 is 0. The van der Waals surface area contributed by atoms with Crippen molar-refractivity contribution in [3.05, 3.63) is 36.2 Å². The molecule has 0 aliphatic rings. The lowest BCUT2D eigenvalue weighted by Crippen LogP contribution is -2.18. The van der Waals surface area contributed by atoms with Gasteiger partial charge in [0.25, 0.3) is 0 Å². The van der Waals surface area contributed by atoms with Crippen LogP contribution in [0.5, 0.6) is 0 Å². The molecule has 2 rings (SSSR count). The Hall–Kier alpha value is -1.62. The third-order valence-electron chi connectivity index (χ3n) is 2.35. The van der Waals surface area contributed by atoms with E-state index in [4.69, 9.17) is 5.73 Å². The van der Waals surface area contributed by atoms with Gasteiger partial charge in [-0.25, -0.2) is 4.98 Å². The summed E-state index contributed by atoms with van der Waals surface area (Å²) in [7, 11) is 0. The van der Waals surface area contributed by atoms with Crippen molar-refractivity contribution in [1.82, 2.24) is 19.7 Å². The third kappa shape index (κ3) is 1.92. The van der Waals surface area contributed by atoms with Crippen molar-refractivity contribution in [3.8, 4) is 0 Å². The molecule has 0 fully saturated rings. The van der Waals surface area contributed by atoms with Gasteiger partial charge in [-0.3, -0.25) is 5.10 Å². The molecule has 5 heteroatoms. The Morgan fingerprint density at radius 3 is 3.07 bits per heavy atom. The summed E-state index contributed by atoms with van der Waals surface area (Å²) in [5, 5.41) is 6.75. The lowest BCUT2D eigenvalue weighted by molar-refractivity contribution is 0.606. The zero-order chi connectivity index (χ0) is 10.7. The van der Waals surface area contributed by atoms with Crippen molar-refractivity contribution in [2.75, 3.05) is 0 Å². The fourth-order valence-corrected chi connectivity index (χ4v) is 1.61. The zero-order valence-corrected chi connectivity index (χ0v) is 8.72. The first-order chi connectivity index (χ1) is 7.33. The number of hydrogen-bond donors (Lipinski definition) is 2. The van der Waals surface area contributed by atoms with E-state index in [1.165, 1.54) is 0 Å². The van der Waals surface area contributed by atoms with E-state index in [0.717, 1.165) is 24.5 Å². The second kappa shape index (κ2) is 4.27. The summed E-state index contributed by atoms with van der Waals surface area (Å²) in [5.74, 6) is 0.876. The molecule has 0 radical (unpaired) electrons. The minimum Gasteiger partial charge on any atom is -0.333 e. The van der Waals surface area contributed by atoms with E-state index in [0.29, 0.717) is 0 Å². The van der Waals surface area contributed by atoms with Gasteiger partial charge in [0.05, 0.1) is 5.69 Å². The molecule has 0 bridgehead atoms. The fourth-order valence-electron chi connectivity index (χ4n) is 1.61. The van der Waals surface area contributed by atoms with E-state index in [2.05, 4.69) is 26.7 Å². The van der Waals surface area contributed by atoms with Gasteiger partial charge in [0.1, 0.15) is 11.9 Å². The molecule has 3 N–H and O–H groups in total. The van der Waals surface area contributed by atoms with Gasteiger partial charge >= 0.3 is 0 Å². The highest BCUT2D eigenvalue weighted by molar-refractivity contribution is 5.15. The molecule has 0 aliphatic heterocycles. The van der Waals surface area contributed by atoms with E-state index in [-0.39, 0.29) is 6.04 Å². The molecule has 2 aromatic heterocycles.